The van der Waals surface area contributed by atoms with Gasteiger partial charge in [0, 0.05) is 40.3 Å². The van der Waals surface area contributed by atoms with E-state index in [0.717, 1.165) is 24.9 Å². The Morgan fingerprint density at radius 1 is 0.662 bits per heavy atom. The van der Waals surface area contributed by atoms with Gasteiger partial charge in [-0.2, -0.15) is 0 Å². The quantitative estimate of drug-likeness (QED) is 0.106. The van der Waals surface area contributed by atoms with Gasteiger partial charge in [0.1, 0.15) is 0 Å². The molecule has 0 saturated carbocycles. The molecule has 0 N–H and O–H groups in total. The van der Waals surface area contributed by atoms with E-state index in [0.29, 0.717) is 5.92 Å². The Morgan fingerprint density at radius 3 is 2.19 bits per heavy atom. The fourth-order valence-corrected chi connectivity index (χ4v) is 11.4. The molecule has 1 aromatic heterocycles. The maximum atomic E-state index is 4.53. The molecule has 0 spiro atoms. The minimum absolute atomic E-state index is 0.0824. The summed E-state index contributed by atoms with van der Waals surface area (Å²) >= 11 is 0. The first-order valence-corrected chi connectivity index (χ1v) is 24.0. The Balaban J connectivity index is 1.06. The van der Waals surface area contributed by atoms with Crippen molar-refractivity contribution in [2.24, 2.45) is 11.8 Å². The van der Waals surface area contributed by atoms with Gasteiger partial charge >= 0.3 is 0 Å². The fourth-order valence-electron chi connectivity index (χ4n) is 11.4. The predicted octanol–water partition coefficient (Wildman–Crippen LogP) is 17.3. The molecule has 1 heteroatoms. The van der Waals surface area contributed by atoms with Crippen LogP contribution in [0.25, 0.3) is 84.2 Å². The molecule has 0 bridgehead atoms. The van der Waals surface area contributed by atoms with Crippen LogP contribution in [0.15, 0.2) is 224 Å². The third-order valence-corrected chi connectivity index (χ3v) is 14.7. The van der Waals surface area contributed by atoms with Crippen LogP contribution in [-0.4, -0.2) is 4.57 Å². The van der Waals surface area contributed by atoms with E-state index >= 15 is 0 Å². The van der Waals surface area contributed by atoms with Gasteiger partial charge in [-0.3, -0.25) is 0 Å². The van der Waals surface area contributed by atoms with Crippen molar-refractivity contribution in [1.82, 2.24) is 4.57 Å². The van der Waals surface area contributed by atoms with Crippen molar-refractivity contribution in [2.75, 3.05) is 0 Å². The summed E-state index contributed by atoms with van der Waals surface area (Å²) in [6.07, 6.45) is 25.1. The number of aryl methyl sites for hydroxylation is 1. The first kappa shape index (κ1) is 41.3. The molecule has 0 saturated heterocycles. The number of benzene rings is 7. The van der Waals surface area contributed by atoms with Crippen LogP contribution in [0.1, 0.15) is 57.9 Å². The number of aromatic nitrogens is 1. The van der Waals surface area contributed by atoms with Crippen LogP contribution in [0.4, 0.5) is 0 Å². The molecule has 4 aliphatic rings. The Bertz CT molecular complexity index is 3710. The standard InChI is InChI=1S/C67H51N/c1-5-46-21-13-15-25-54(46)56-33-31-51(40-47(56)6-2)63-42-65-66(60-28-18-17-27-57(60)63)61-36-35-58(64(39-45-19-9-7-10-20-45)67(61)68(65)52-23-11-8-12-24-52)53-32-29-48(37-43(53)3)49-30-34-59-55-26-16-14-22-50(55)38-44(4)62(59)41-49/h6-16,19-37,40-42,46-47H,2,4-5,38-39H2,1,3H3/b56-54-. The van der Waals surface area contributed by atoms with Crippen molar-refractivity contribution < 1.29 is 0 Å². The molecule has 324 valence electrons. The van der Waals surface area contributed by atoms with Crippen LogP contribution in [0.3, 0.4) is 0 Å². The molecule has 4 aliphatic carbocycles. The van der Waals surface area contributed by atoms with Gasteiger partial charge in [0.25, 0.3) is 0 Å². The molecule has 12 rings (SSSR count). The van der Waals surface area contributed by atoms with E-state index in [-0.39, 0.29) is 5.92 Å². The first-order valence-electron chi connectivity index (χ1n) is 24.0. The zero-order chi connectivity index (χ0) is 45.9. The van der Waals surface area contributed by atoms with Crippen molar-refractivity contribution >= 4 is 45.1 Å². The number of allylic oxidation sites excluding steroid dienone is 12. The molecule has 0 aliphatic heterocycles. The van der Waals surface area contributed by atoms with Crippen molar-refractivity contribution in [3.05, 3.63) is 268 Å². The van der Waals surface area contributed by atoms with Crippen molar-refractivity contribution in [2.45, 2.75) is 33.1 Å². The minimum Gasteiger partial charge on any atom is -0.309 e. The van der Waals surface area contributed by atoms with E-state index in [2.05, 4.69) is 243 Å². The van der Waals surface area contributed by atoms with Crippen LogP contribution in [0, 0.1) is 18.8 Å². The van der Waals surface area contributed by atoms with Crippen molar-refractivity contribution in [3.8, 4) is 39.1 Å². The van der Waals surface area contributed by atoms with Crippen LogP contribution in [0.2, 0.25) is 0 Å². The SMILES string of the molecule is C=CC1C=C(c2cc3c(c4c2C=C=C=C4)c2ccc(-c4ccc(-c5ccc6c(c5)C(=C)Cc5ccccc5-6)cc4C)c(Cc4ccccc4)c2n3-c2ccccc2)C=C/C1=C1\C=CC=CC1CC. The summed E-state index contributed by atoms with van der Waals surface area (Å²) in [6, 6.07) is 51.8. The molecule has 8 aromatic rings. The van der Waals surface area contributed by atoms with E-state index in [1.165, 1.54) is 122 Å². The lowest BCUT2D eigenvalue weighted by molar-refractivity contribution is 0.723. The van der Waals surface area contributed by atoms with Gasteiger partial charge in [0.05, 0.1) is 11.0 Å². The molecule has 1 nitrogen and oxygen atoms in total. The summed E-state index contributed by atoms with van der Waals surface area (Å²) in [5.74, 6) is 0.478. The van der Waals surface area contributed by atoms with Gasteiger partial charge in [-0.1, -0.05) is 189 Å². The monoisotopic (exact) mass is 869 g/mol. The van der Waals surface area contributed by atoms with Gasteiger partial charge in [-0.15, -0.1) is 6.58 Å². The Morgan fingerprint density at radius 2 is 1.40 bits per heavy atom. The average molecular weight is 870 g/mol. The predicted molar refractivity (Wildman–Crippen MR) is 290 cm³/mol. The zero-order valence-electron chi connectivity index (χ0n) is 38.7. The van der Waals surface area contributed by atoms with Gasteiger partial charge < -0.3 is 4.57 Å². The lowest BCUT2D eigenvalue weighted by atomic mass is 9.79. The van der Waals surface area contributed by atoms with Gasteiger partial charge in [0.2, 0.25) is 0 Å². The van der Waals surface area contributed by atoms with E-state index in [1.807, 2.05) is 0 Å². The summed E-state index contributed by atoms with van der Waals surface area (Å²) in [4.78, 5) is 0. The summed E-state index contributed by atoms with van der Waals surface area (Å²) in [5.41, 5.74) is 32.7. The van der Waals surface area contributed by atoms with Crippen LogP contribution >= 0.6 is 0 Å². The van der Waals surface area contributed by atoms with Crippen molar-refractivity contribution in [1.29, 1.82) is 0 Å². The van der Waals surface area contributed by atoms with Crippen LogP contribution < -0.4 is 0 Å². The van der Waals surface area contributed by atoms with Gasteiger partial charge in [0.15, 0.2) is 0 Å². The molecule has 7 aromatic carbocycles. The maximum absolute atomic E-state index is 4.53. The molecule has 1 heterocycles. The Hall–Kier alpha value is -8.18. The molecule has 2 atom stereocenters. The first-order chi connectivity index (χ1) is 33.5. The van der Waals surface area contributed by atoms with E-state index in [9.17, 15) is 0 Å². The molecule has 68 heavy (non-hydrogen) atoms. The Kier molecular flexibility index (Phi) is 10.3. The van der Waals surface area contributed by atoms with Crippen LogP contribution in [-0.2, 0) is 12.8 Å². The Labute approximate surface area is 400 Å². The van der Waals surface area contributed by atoms with E-state index < -0.39 is 0 Å². The third-order valence-electron chi connectivity index (χ3n) is 14.7. The number of fused-ring (bicyclic) bond motifs is 8. The highest BCUT2D eigenvalue weighted by molar-refractivity contribution is 6.17. The topological polar surface area (TPSA) is 4.93 Å². The highest BCUT2D eigenvalue weighted by Gasteiger charge is 2.27. The second kappa shape index (κ2) is 16.9. The second-order valence-corrected chi connectivity index (χ2v) is 18.7. The van der Waals surface area contributed by atoms with E-state index in [4.69, 9.17) is 0 Å². The summed E-state index contributed by atoms with van der Waals surface area (Å²) in [5, 5.41) is 2.46. The minimum atomic E-state index is 0.0824. The summed E-state index contributed by atoms with van der Waals surface area (Å²) in [6.45, 7) is 13.4. The molecule has 0 fully saturated rings. The third kappa shape index (κ3) is 6.87. The summed E-state index contributed by atoms with van der Waals surface area (Å²) in [7, 11) is 0. The van der Waals surface area contributed by atoms with Crippen LogP contribution in [0.5, 0.6) is 0 Å². The number of hydrogen-bond acceptors (Lipinski definition) is 0. The highest BCUT2D eigenvalue weighted by atomic mass is 15.0. The zero-order valence-corrected chi connectivity index (χ0v) is 38.7. The van der Waals surface area contributed by atoms with E-state index in [1.54, 1.807) is 0 Å². The molecule has 0 radical (unpaired) electrons. The number of nitrogens with zero attached hydrogens (tertiary/aromatic N) is 1. The number of para-hydroxylation sites is 1. The highest BCUT2D eigenvalue weighted by Crippen LogP contribution is 2.47. The smallest absolute Gasteiger partial charge is 0.0582 e. The number of hydrogen-bond donors (Lipinski definition) is 0. The fraction of sp³-hybridized carbons (Fsp3) is 0.104. The van der Waals surface area contributed by atoms with Crippen molar-refractivity contribution in [3.63, 3.8) is 0 Å². The largest absolute Gasteiger partial charge is 0.309 e. The lowest BCUT2D eigenvalue weighted by Gasteiger charge is -2.25. The van der Waals surface area contributed by atoms with Gasteiger partial charge in [-0.05, 0) is 151 Å². The molecular formula is C67H51N. The normalized spacial score (nSPS) is 17.7. The lowest BCUT2D eigenvalue weighted by Crippen LogP contribution is -2.10. The molecular weight excluding hydrogens is 819 g/mol. The maximum Gasteiger partial charge on any atom is 0.0582 e. The molecule has 2 unspecified atom stereocenters. The van der Waals surface area contributed by atoms with Gasteiger partial charge in [-0.25, -0.2) is 0 Å². The second-order valence-electron chi connectivity index (χ2n) is 18.7. The average Bonchev–Trinajstić information content (AvgIpc) is 3.74. The summed E-state index contributed by atoms with van der Waals surface area (Å²) < 4.78 is 2.53. The number of rotatable bonds is 8. The molecule has 0 amide bonds.